The summed E-state index contributed by atoms with van der Waals surface area (Å²) >= 11 is 0. The molecule has 1 saturated heterocycles. The number of hydrazine groups is 1. The standard InChI is InChI=1S/C16H21N3O6/c1-3-25-15(20)11-18(17-6-8-24-9-7-17)16(21)13-10-12(2)4-5-14(13)19(22)23/h4-5,10H,3,6-9,11H2,1-2H3. The highest BCUT2D eigenvalue weighted by Crippen LogP contribution is 2.22. The molecule has 0 atom stereocenters. The number of nitro benzene ring substituents is 1. The van der Waals surface area contributed by atoms with Gasteiger partial charge in [0.1, 0.15) is 12.1 Å². The summed E-state index contributed by atoms with van der Waals surface area (Å²) in [7, 11) is 0. The molecule has 1 aliphatic heterocycles. The number of hydrogen-bond acceptors (Lipinski definition) is 7. The number of carbonyl (C=O) groups excluding carboxylic acids is 2. The van der Waals surface area contributed by atoms with Crippen molar-refractivity contribution in [3.8, 4) is 0 Å². The Bertz CT molecular complexity index is 657. The lowest BCUT2D eigenvalue weighted by Crippen LogP contribution is -2.53. The minimum Gasteiger partial charge on any atom is -0.465 e. The van der Waals surface area contributed by atoms with Gasteiger partial charge in [-0.05, 0) is 25.5 Å². The van der Waals surface area contributed by atoms with E-state index in [0.29, 0.717) is 31.9 Å². The molecule has 0 N–H and O–H groups in total. The van der Waals surface area contributed by atoms with E-state index in [9.17, 15) is 19.7 Å². The van der Waals surface area contributed by atoms with Crippen LogP contribution in [0.4, 0.5) is 5.69 Å². The third-order valence-corrected chi connectivity index (χ3v) is 3.73. The van der Waals surface area contributed by atoms with Crippen LogP contribution in [0.5, 0.6) is 0 Å². The van der Waals surface area contributed by atoms with Gasteiger partial charge in [-0.1, -0.05) is 6.07 Å². The summed E-state index contributed by atoms with van der Waals surface area (Å²) in [4.78, 5) is 35.6. The van der Waals surface area contributed by atoms with Crippen LogP contribution in [0.25, 0.3) is 0 Å². The summed E-state index contributed by atoms with van der Waals surface area (Å²) in [5.74, 6) is -1.18. The molecule has 1 amide bonds. The van der Waals surface area contributed by atoms with Crippen molar-refractivity contribution in [2.24, 2.45) is 0 Å². The fraction of sp³-hybridized carbons (Fsp3) is 0.500. The van der Waals surface area contributed by atoms with Crippen molar-refractivity contribution in [1.29, 1.82) is 0 Å². The molecule has 2 rings (SSSR count). The minimum absolute atomic E-state index is 0.0548. The second-order valence-corrected chi connectivity index (χ2v) is 5.51. The quantitative estimate of drug-likeness (QED) is 0.430. The van der Waals surface area contributed by atoms with E-state index < -0.39 is 16.8 Å². The van der Waals surface area contributed by atoms with Crippen LogP contribution >= 0.6 is 0 Å². The lowest BCUT2D eigenvalue weighted by atomic mass is 10.1. The number of carbonyl (C=O) groups is 2. The Balaban J connectivity index is 2.35. The van der Waals surface area contributed by atoms with Crippen LogP contribution in [-0.2, 0) is 14.3 Å². The van der Waals surface area contributed by atoms with E-state index >= 15 is 0 Å². The molecular formula is C16H21N3O6. The first-order valence-corrected chi connectivity index (χ1v) is 7.99. The van der Waals surface area contributed by atoms with Gasteiger partial charge in [-0.3, -0.25) is 24.7 Å². The number of rotatable bonds is 6. The van der Waals surface area contributed by atoms with Gasteiger partial charge in [0, 0.05) is 19.2 Å². The molecule has 9 nitrogen and oxygen atoms in total. The molecule has 136 valence electrons. The van der Waals surface area contributed by atoms with Gasteiger partial charge in [0.25, 0.3) is 11.6 Å². The van der Waals surface area contributed by atoms with Crippen molar-refractivity contribution < 1.29 is 24.0 Å². The van der Waals surface area contributed by atoms with Gasteiger partial charge in [-0.25, -0.2) is 5.01 Å². The molecule has 25 heavy (non-hydrogen) atoms. The number of morpholine rings is 1. The third kappa shape index (κ3) is 4.74. The Labute approximate surface area is 145 Å². The molecule has 0 bridgehead atoms. The number of ether oxygens (including phenoxy) is 2. The molecule has 9 heteroatoms. The number of amides is 1. The SMILES string of the molecule is CCOC(=O)CN(C(=O)c1cc(C)ccc1[N+](=O)[O-])N1CCOCC1. The Kier molecular flexibility index (Phi) is 6.43. The molecule has 1 aromatic carbocycles. The van der Waals surface area contributed by atoms with Crippen molar-refractivity contribution >= 4 is 17.6 Å². The first-order chi connectivity index (χ1) is 11.9. The van der Waals surface area contributed by atoms with Crippen LogP contribution in [0.1, 0.15) is 22.8 Å². The molecule has 1 aliphatic rings. The van der Waals surface area contributed by atoms with Crippen molar-refractivity contribution in [2.45, 2.75) is 13.8 Å². The van der Waals surface area contributed by atoms with Crippen molar-refractivity contribution in [2.75, 3.05) is 39.5 Å². The molecule has 0 radical (unpaired) electrons. The fourth-order valence-corrected chi connectivity index (χ4v) is 2.54. The first-order valence-electron chi connectivity index (χ1n) is 7.99. The highest BCUT2D eigenvalue weighted by molar-refractivity contribution is 5.99. The number of nitro groups is 1. The van der Waals surface area contributed by atoms with Crippen molar-refractivity contribution in [3.63, 3.8) is 0 Å². The predicted octanol–water partition coefficient (Wildman–Crippen LogP) is 1.16. The summed E-state index contributed by atoms with van der Waals surface area (Å²) < 4.78 is 10.2. The van der Waals surface area contributed by atoms with Crippen LogP contribution in [0.2, 0.25) is 0 Å². The maximum absolute atomic E-state index is 13.0. The van der Waals surface area contributed by atoms with Crippen molar-refractivity contribution in [3.05, 3.63) is 39.4 Å². The van der Waals surface area contributed by atoms with Crippen LogP contribution in [-0.4, -0.2) is 66.3 Å². The van der Waals surface area contributed by atoms with Gasteiger partial charge in [0.2, 0.25) is 0 Å². The lowest BCUT2D eigenvalue weighted by molar-refractivity contribution is -0.385. The Morgan fingerprint density at radius 1 is 1.36 bits per heavy atom. The Morgan fingerprint density at radius 3 is 2.64 bits per heavy atom. The van der Waals surface area contributed by atoms with Crippen LogP contribution in [0.3, 0.4) is 0 Å². The zero-order chi connectivity index (χ0) is 18.4. The predicted molar refractivity (Wildman–Crippen MR) is 87.9 cm³/mol. The number of hydrogen-bond donors (Lipinski definition) is 0. The average molecular weight is 351 g/mol. The zero-order valence-corrected chi connectivity index (χ0v) is 14.3. The molecule has 1 heterocycles. The van der Waals surface area contributed by atoms with E-state index in [4.69, 9.17) is 9.47 Å². The third-order valence-electron chi connectivity index (χ3n) is 3.73. The Morgan fingerprint density at radius 2 is 2.04 bits per heavy atom. The molecule has 0 unspecified atom stereocenters. The van der Waals surface area contributed by atoms with Gasteiger partial charge in [-0.15, -0.1) is 0 Å². The smallest absolute Gasteiger partial charge is 0.327 e. The lowest BCUT2D eigenvalue weighted by Gasteiger charge is -2.36. The van der Waals surface area contributed by atoms with Gasteiger partial charge in [-0.2, -0.15) is 0 Å². The van der Waals surface area contributed by atoms with Crippen LogP contribution in [0.15, 0.2) is 18.2 Å². The summed E-state index contributed by atoms with van der Waals surface area (Å²) in [6, 6.07) is 4.32. The molecule has 0 saturated carbocycles. The van der Waals surface area contributed by atoms with Crippen LogP contribution in [0, 0.1) is 17.0 Å². The second-order valence-electron chi connectivity index (χ2n) is 5.51. The molecule has 1 aromatic rings. The zero-order valence-electron chi connectivity index (χ0n) is 14.3. The first kappa shape index (κ1) is 18.8. The summed E-state index contributed by atoms with van der Waals surface area (Å²) in [6.45, 7) is 4.92. The van der Waals surface area contributed by atoms with Gasteiger partial charge in [0.05, 0.1) is 24.7 Å². The van der Waals surface area contributed by atoms with E-state index in [1.165, 1.54) is 17.1 Å². The van der Waals surface area contributed by atoms with Gasteiger partial charge in [0.15, 0.2) is 0 Å². The van der Waals surface area contributed by atoms with Crippen molar-refractivity contribution in [1.82, 2.24) is 10.0 Å². The molecule has 0 aromatic heterocycles. The van der Waals surface area contributed by atoms with E-state index in [1.54, 1.807) is 24.9 Å². The number of benzene rings is 1. The highest BCUT2D eigenvalue weighted by atomic mass is 16.6. The summed E-state index contributed by atoms with van der Waals surface area (Å²) in [5, 5.41) is 14.1. The molecule has 0 spiro atoms. The number of esters is 1. The van der Waals surface area contributed by atoms with E-state index in [2.05, 4.69) is 0 Å². The van der Waals surface area contributed by atoms with E-state index in [0.717, 1.165) is 0 Å². The minimum atomic E-state index is -0.606. The highest BCUT2D eigenvalue weighted by Gasteiger charge is 2.31. The normalized spacial score (nSPS) is 14.8. The summed E-state index contributed by atoms with van der Waals surface area (Å²) in [6.07, 6.45) is 0. The van der Waals surface area contributed by atoms with E-state index in [1.807, 2.05) is 0 Å². The van der Waals surface area contributed by atoms with Crippen LogP contribution < -0.4 is 0 Å². The summed E-state index contributed by atoms with van der Waals surface area (Å²) in [5.41, 5.74) is 0.366. The number of aryl methyl sites for hydroxylation is 1. The maximum Gasteiger partial charge on any atom is 0.327 e. The fourth-order valence-electron chi connectivity index (χ4n) is 2.54. The monoisotopic (exact) mass is 351 g/mol. The largest absolute Gasteiger partial charge is 0.465 e. The Hall–Kier alpha value is -2.52. The topological polar surface area (TPSA) is 102 Å². The molecular weight excluding hydrogens is 330 g/mol. The number of nitrogens with zero attached hydrogens (tertiary/aromatic N) is 3. The second kappa shape index (κ2) is 8.54. The molecule has 1 fully saturated rings. The maximum atomic E-state index is 13.0. The molecule has 0 aliphatic carbocycles. The van der Waals surface area contributed by atoms with E-state index in [-0.39, 0.29) is 24.4 Å². The van der Waals surface area contributed by atoms with Gasteiger partial charge >= 0.3 is 5.97 Å². The van der Waals surface area contributed by atoms with Gasteiger partial charge < -0.3 is 9.47 Å². The average Bonchev–Trinajstić information content (AvgIpc) is 2.59.